The summed E-state index contributed by atoms with van der Waals surface area (Å²) in [5.74, 6) is -1.69. The summed E-state index contributed by atoms with van der Waals surface area (Å²) in [7, 11) is 2.26. The maximum atomic E-state index is 11.8. The smallest absolute Gasteiger partial charge is 0.338 e. The first-order valence-electron chi connectivity index (χ1n) is 5.16. The summed E-state index contributed by atoms with van der Waals surface area (Å²) in [4.78, 5) is 23.2. The molecule has 0 aliphatic rings. The SMILES string of the molecule is COC(=O)/C=C(\C(=O)OC)c1c(Cl)c(Cl)c(Cl)c(Cl)c1Cl. The van der Waals surface area contributed by atoms with Gasteiger partial charge in [-0.3, -0.25) is 0 Å². The zero-order valence-electron chi connectivity index (χ0n) is 10.6. The number of benzene rings is 1. The first kappa shape index (κ1) is 18.4. The lowest BCUT2D eigenvalue weighted by Gasteiger charge is -2.14. The van der Waals surface area contributed by atoms with Crippen molar-refractivity contribution in [1.29, 1.82) is 0 Å². The van der Waals surface area contributed by atoms with Crippen LogP contribution in [-0.4, -0.2) is 26.2 Å². The number of ether oxygens (including phenoxy) is 2. The standard InChI is InChI=1S/C12H7Cl5O4/c1-20-5(18)3-4(12(19)21-2)6-7(13)9(15)11(17)10(16)8(6)14/h3H,1-2H3/b4-3-. The fourth-order valence-electron chi connectivity index (χ4n) is 1.36. The largest absolute Gasteiger partial charge is 0.466 e. The van der Waals surface area contributed by atoms with Crippen LogP contribution < -0.4 is 0 Å². The Hall–Kier alpha value is -0.650. The summed E-state index contributed by atoms with van der Waals surface area (Å²) in [6.07, 6.45) is 0.861. The van der Waals surface area contributed by atoms with E-state index in [0.717, 1.165) is 20.3 Å². The van der Waals surface area contributed by atoms with E-state index in [1.807, 2.05) is 0 Å². The van der Waals surface area contributed by atoms with Crippen LogP contribution in [0.5, 0.6) is 0 Å². The summed E-state index contributed by atoms with van der Waals surface area (Å²) < 4.78 is 9.04. The van der Waals surface area contributed by atoms with Crippen molar-refractivity contribution in [3.05, 3.63) is 36.8 Å². The van der Waals surface area contributed by atoms with Gasteiger partial charge in [0.05, 0.1) is 44.9 Å². The summed E-state index contributed by atoms with van der Waals surface area (Å²) in [5.41, 5.74) is -0.338. The van der Waals surface area contributed by atoms with Crippen LogP contribution in [0.15, 0.2) is 6.08 Å². The minimum absolute atomic E-state index is 0.0700. The Morgan fingerprint density at radius 3 is 1.62 bits per heavy atom. The van der Waals surface area contributed by atoms with E-state index in [1.54, 1.807) is 0 Å². The normalized spacial score (nSPS) is 11.3. The number of hydrogen-bond acceptors (Lipinski definition) is 4. The summed E-state index contributed by atoms with van der Waals surface area (Å²) in [6.45, 7) is 0. The number of carbonyl (C=O) groups is 2. The van der Waals surface area contributed by atoms with Crippen LogP contribution in [0.2, 0.25) is 25.1 Å². The van der Waals surface area contributed by atoms with Gasteiger partial charge in [-0.25, -0.2) is 9.59 Å². The topological polar surface area (TPSA) is 52.6 Å². The predicted molar refractivity (Wildman–Crippen MR) is 83.5 cm³/mol. The molecule has 0 saturated carbocycles. The van der Waals surface area contributed by atoms with Crippen LogP contribution in [0.3, 0.4) is 0 Å². The van der Waals surface area contributed by atoms with Crippen LogP contribution in [0, 0.1) is 0 Å². The number of carbonyl (C=O) groups excluding carboxylic acids is 2. The van der Waals surface area contributed by atoms with Crippen molar-refractivity contribution in [1.82, 2.24) is 0 Å². The molecule has 1 aromatic rings. The number of halogens is 5. The molecule has 21 heavy (non-hydrogen) atoms. The Bertz CT molecular complexity index is 610. The van der Waals surface area contributed by atoms with Gasteiger partial charge in [-0.15, -0.1) is 0 Å². The minimum atomic E-state index is -0.876. The van der Waals surface area contributed by atoms with Gasteiger partial charge in [0.25, 0.3) is 0 Å². The van der Waals surface area contributed by atoms with Crippen LogP contribution in [0.25, 0.3) is 5.57 Å². The fourth-order valence-corrected chi connectivity index (χ4v) is 2.70. The second kappa shape index (κ2) is 7.56. The maximum Gasteiger partial charge on any atom is 0.338 e. The molecule has 1 aromatic carbocycles. The van der Waals surface area contributed by atoms with Crippen molar-refractivity contribution < 1.29 is 19.1 Å². The molecule has 0 aliphatic carbocycles. The number of hydrogen-bond donors (Lipinski definition) is 0. The van der Waals surface area contributed by atoms with Crippen LogP contribution in [-0.2, 0) is 19.1 Å². The van der Waals surface area contributed by atoms with Gasteiger partial charge in [0.2, 0.25) is 0 Å². The second-order valence-corrected chi connectivity index (χ2v) is 5.41. The molecule has 0 unspecified atom stereocenters. The molecule has 0 atom stereocenters. The van der Waals surface area contributed by atoms with E-state index >= 15 is 0 Å². The van der Waals surface area contributed by atoms with Gasteiger partial charge < -0.3 is 9.47 Å². The quantitative estimate of drug-likeness (QED) is 0.324. The zero-order valence-corrected chi connectivity index (χ0v) is 14.4. The van der Waals surface area contributed by atoms with E-state index in [2.05, 4.69) is 9.47 Å². The molecule has 0 N–H and O–H groups in total. The maximum absolute atomic E-state index is 11.8. The molecule has 0 aromatic heterocycles. The number of esters is 2. The lowest BCUT2D eigenvalue weighted by molar-refractivity contribution is -0.136. The summed E-state index contributed by atoms with van der Waals surface area (Å²) in [6, 6.07) is 0. The molecule has 0 saturated heterocycles. The molecule has 0 bridgehead atoms. The molecule has 0 amide bonds. The third-order valence-electron chi connectivity index (χ3n) is 2.35. The van der Waals surface area contributed by atoms with Crippen molar-refractivity contribution in [2.45, 2.75) is 0 Å². The first-order valence-corrected chi connectivity index (χ1v) is 7.05. The zero-order chi connectivity index (χ0) is 16.3. The molecular weight excluding hydrogens is 385 g/mol. The summed E-state index contributed by atoms with van der Waals surface area (Å²) >= 11 is 29.8. The van der Waals surface area contributed by atoms with Gasteiger partial charge in [0, 0.05) is 11.6 Å². The highest BCUT2D eigenvalue weighted by Gasteiger charge is 2.26. The predicted octanol–water partition coefficient (Wildman–Crippen LogP) is 4.68. The molecule has 0 fully saturated rings. The van der Waals surface area contributed by atoms with Gasteiger partial charge in [0.1, 0.15) is 0 Å². The average Bonchev–Trinajstić information content (AvgIpc) is 2.48. The van der Waals surface area contributed by atoms with Crippen LogP contribution in [0.4, 0.5) is 0 Å². The molecule has 0 aliphatic heterocycles. The van der Waals surface area contributed by atoms with Gasteiger partial charge in [-0.2, -0.15) is 0 Å². The average molecular weight is 392 g/mol. The highest BCUT2D eigenvalue weighted by Crippen LogP contribution is 2.46. The Morgan fingerprint density at radius 2 is 1.24 bits per heavy atom. The van der Waals surface area contributed by atoms with E-state index in [0.29, 0.717) is 0 Å². The minimum Gasteiger partial charge on any atom is -0.466 e. The first-order chi connectivity index (χ1) is 9.76. The molecule has 0 heterocycles. The highest BCUT2D eigenvalue weighted by molar-refractivity contribution is 6.56. The molecule has 0 spiro atoms. The van der Waals surface area contributed by atoms with E-state index in [4.69, 9.17) is 58.0 Å². The van der Waals surface area contributed by atoms with Crippen molar-refractivity contribution in [3.63, 3.8) is 0 Å². The van der Waals surface area contributed by atoms with E-state index in [-0.39, 0.29) is 36.2 Å². The lowest BCUT2D eigenvalue weighted by atomic mass is 10.1. The highest BCUT2D eigenvalue weighted by atomic mass is 35.5. The van der Waals surface area contributed by atoms with Crippen molar-refractivity contribution >= 4 is 75.5 Å². The monoisotopic (exact) mass is 390 g/mol. The fraction of sp³-hybridized carbons (Fsp3) is 0.167. The van der Waals surface area contributed by atoms with Gasteiger partial charge in [0.15, 0.2) is 0 Å². The van der Waals surface area contributed by atoms with Crippen LogP contribution >= 0.6 is 58.0 Å². The molecule has 114 valence electrons. The molecule has 4 nitrogen and oxygen atoms in total. The third kappa shape index (κ3) is 3.76. The van der Waals surface area contributed by atoms with E-state index in [1.165, 1.54) is 0 Å². The van der Waals surface area contributed by atoms with Crippen molar-refractivity contribution in [2.75, 3.05) is 14.2 Å². The second-order valence-electron chi connectivity index (χ2n) is 3.52. The van der Waals surface area contributed by atoms with Crippen molar-refractivity contribution in [2.24, 2.45) is 0 Å². The van der Waals surface area contributed by atoms with Crippen LogP contribution in [0.1, 0.15) is 5.56 Å². The van der Waals surface area contributed by atoms with E-state index < -0.39 is 11.9 Å². The lowest BCUT2D eigenvalue weighted by Crippen LogP contribution is -2.09. The van der Waals surface area contributed by atoms with Crippen molar-refractivity contribution in [3.8, 4) is 0 Å². The summed E-state index contributed by atoms with van der Waals surface area (Å²) in [5, 5.41) is -0.572. The number of rotatable bonds is 3. The Labute approximate surface area is 145 Å². The molecular formula is C12H7Cl5O4. The van der Waals surface area contributed by atoms with Gasteiger partial charge in [-0.1, -0.05) is 58.0 Å². The Balaban J connectivity index is 3.72. The molecule has 0 radical (unpaired) electrons. The third-order valence-corrected chi connectivity index (χ3v) is 4.62. The van der Waals surface area contributed by atoms with Gasteiger partial charge in [-0.05, 0) is 0 Å². The number of methoxy groups -OCH3 is 2. The van der Waals surface area contributed by atoms with Gasteiger partial charge >= 0.3 is 11.9 Å². The Morgan fingerprint density at radius 1 is 0.810 bits per heavy atom. The Kier molecular flexibility index (Phi) is 6.63. The van der Waals surface area contributed by atoms with E-state index in [9.17, 15) is 9.59 Å². The molecule has 9 heteroatoms. The molecule has 1 rings (SSSR count).